The molecule has 0 spiro atoms. The highest BCUT2D eigenvalue weighted by molar-refractivity contribution is 7.87. The van der Waals surface area contributed by atoms with Gasteiger partial charge in [-0.25, -0.2) is 0 Å². The van der Waals surface area contributed by atoms with Gasteiger partial charge in [-0.15, -0.1) is 0 Å². The Hall–Kier alpha value is -0.210. The minimum Gasteiger partial charge on any atom is -0.383 e. The zero-order valence-electron chi connectivity index (χ0n) is 12.2. The van der Waals surface area contributed by atoms with E-state index >= 15 is 0 Å². The van der Waals surface area contributed by atoms with Gasteiger partial charge in [-0.1, -0.05) is 6.92 Å². The predicted molar refractivity (Wildman–Crippen MR) is 76.3 cm³/mol. The van der Waals surface area contributed by atoms with Crippen LogP contribution in [0.25, 0.3) is 0 Å². The van der Waals surface area contributed by atoms with Crippen molar-refractivity contribution in [2.24, 2.45) is 0 Å². The fourth-order valence-corrected chi connectivity index (χ4v) is 3.65. The molecule has 6 nitrogen and oxygen atoms in total. The Morgan fingerprint density at radius 1 is 1.26 bits per heavy atom. The highest BCUT2D eigenvalue weighted by Gasteiger charge is 2.29. The lowest BCUT2D eigenvalue weighted by Gasteiger charge is -2.34. The molecule has 0 aromatic rings. The van der Waals surface area contributed by atoms with Crippen LogP contribution in [-0.4, -0.2) is 58.7 Å². The van der Waals surface area contributed by atoms with Gasteiger partial charge in [0.2, 0.25) is 0 Å². The SMILES string of the molecule is CCNC1CCC(N(C)S(=O)(=O)NCCOC)CC1. The van der Waals surface area contributed by atoms with Crippen LogP contribution in [0.5, 0.6) is 0 Å². The summed E-state index contributed by atoms with van der Waals surface area (Å²) >= 11 is 0. The van der Waals surface area contributed by atoms with Crippen molar-refractivity contribution in [1.29, 1.82) is 0 Å². The topological polar surface area (TPSA) is 70.7 Å². The van der Waals surface area contributed by atoms with E-state index in [0.29, 0.717) is 19.2 Å². The van der Waals surface area contributed by atoms with Gasteiger partial charge in [-0.3, -0.25) is 0 Å². The summed E-state index contributed by atoms with van der Waals surface area (Å²) in [6.45, 7) is 3.78. The fraction of sp³-hybridized carbons (Fsp3) is 1.00. The Kier molecular flexibility index (Phi) is 7.23. The minimum absolute atomic E-state index is 0.106. The van der Waals surface area contributed by atoms with Crippen LogP contribution >= 0.6 is 0 Å². The Morgan fingerprint density at radius 2 is 1.89 bits per heavy atom. The summed E-state index contributed by atoms with van der Waals surface area (Å²) in [4.78, 5) is 0. The van der Waals surface area contributed by atoms with Gasteiger partial charge >= 0.3 is 0 Å². The summed E-state index contributed by atoms with van der Waals surface area (Å²) < 4.78 is 33.0. The van der Waals surface area contributed by atoms with Crippen molar-refractivity contribution in [2.75, 3.05) is 33.9 Å². The average molecular weight is 293 g/mol. The van der Waals surface area contributed by atoms with Crippen LogP contribution < -0.4 is 10.0 Å². The second kappa shape index (κ2) is 8.16. The summed E-state index contributed by atoms with van der Waals surface area (Å²) in [5, 5.41) is 3.42. The maximum Gasteiger partial charge on any atom is 0.279 e. The van der Waals surface area contributed by atoms with Crippen molar-refractivity contribution in [2.45, 2.75) is 44.7 Å². The van der Waals surface area contributed by atoms with Gasteiger partial charge in [0.15, 0.2) is 0 Å². The molecule has 0 amide bonds. The zero-order chi connectivity index (χ0) is 14.3. The van der Waals surface area contributed by atoms with Gasteiger partial charge in [0, 0.05) is 32.8 Å². The molecule has 1 aliphatic rings. The van der Waals surface area contributed by atoms with E-state index in [1.165, 1.54) is 4.31 Å². The van der Waals surface area contributed by atoms with Gasteiger partial charge < -0.3 is 10.1 Å². The molecule has 114 valence electrons. The van der Waals surface area contributed by atoms with Gasteiger partial charge in [0.05, 0.1) is 6.61 Å². The first-order valence-corrected chi connectivity index (χ1v) is 8.40. The molecular formula is C12H27N3O3S. The quantitative estimate of drug-likeness (QED) is 0.632. The highest BCUT2D eigenvalue weighted by atomic mass is 32.2. The van der Waals surface area contributed by atoms with Crippen LogP contribution in [0.2, 0.25) is 0 Å². The van der Waals surface area contributed by atoms with Crippen molar-refractivity contribution in [3.8, 4) is 0 Å². The van der Waals surface area contributed by atoms with Crippen molar-refractivity contribution in [1.82, 2.24) is 14.3 Å². The van der Waals surface area contributed by atoms with Gasteiger partial charge in [-0.05, 0) is 32.2 Å². The number of hydrogen-bond donors (Lipinski definition) is 2. The zero-order valence-corrected chi connectivity index (χ0v) is 13.0. The van der Waals surface area contributed by atoms with E-state index in [2.05, 4.69) is 17.0 Å². The first-order valence-electron chi connectivity index (χ1n) is 6.96. The van der Waals surface area contributed by atoms with Crippen LogP contribution in [0.4, 0.5) is 0 Å². The number of rotatable bonds is 8. The van der Waals surface area contributed by atoms with Gasteiger partial charge in [0.1, 0.15) is 0 Å². The molecule has 0 aromatic carbocycles. The average Bonchev–Trinajstić information content (AvgIpc) is 2.39. The van der Waals surface area contributed by atoms with Crippen molar-refractivity contribution < 1.29 is 13.2 Å². The molecule has 0 heterocycles. The first-order chi connectivity index (χ1) is 9.01. The predicted octanol–water partition coefficient (Wildman–Crippen LogP) is 0.320. The molecule has 1 saturated carbocycles. The maximum atomic E-state index is 12.1. The lowest BCUT2D eigenvalue weighted by molar-refractivity contribution is 0.202. The summed E-state index contributed by atoms with van der Waals surface area (Å²) in [5.41, 5.74) is 0. The molecule has 0 radical (unpaired) electrons. The van der Waals surface area contributed by atoms with E-state index in [9.17, 15) is 8.42 Å². The molecule has 0 aliphatic heterocycles. The lowest BCUT2D eigenvalue weighted by Crippen LogP contribution is -2.47. The van der Waals surface area contributed by atoms with E-state index in [1.807, 2.05) is 0 Å². The van der Waals surface area contributed by atoms with Crippen LogP contribution in [0.3, 0.4) is 0 Å². The number of ether oxygens (including phenoxy) is 1. The number of methoxy groups -OCH3 is 1. The fourth-order valence-electron chi connectivity index (χ4n) is 2.50. The lowest BCUT2D eigenvalue weighted by atomic mass is 9.91. The molecule has 1 rings (SSSR count). The molecule has 1 aliphatic carbocycles. The molecule has 0 aromatic heterocycles. The van der Waals surface area contributed by atoms with E-state index in [-0.39, 0.29) is 6.04 Å². The maximum absolute atomic E-state index is 12.1. The molecule has 0 atom stereocenters. The van der Waals surface area contributed by atoms with Crippen molar-refractivity contribution in [3.63, 3.8) is 0 Å². The first kappa shape index (κ1) is 16.8. The monoisotopic (exact) mass is 293 g/mol. The van der Waals surface area contributed by atoms with E-state index in [1.54, 1.807) is 14.2 Å². The molecular weight excluding hydrogens is 266 g/mol. The Balaban J connectivity index is 2.43. The summed E-state index contributed by atoms with van der Waals surface area (Å²) in [7, 11) is -0.163. The normalized spacial score (nSPS) is 24.8. The van der Waals surface area contributed by atoms with Crippen LogP contribution in [0, 0.1) is 0 Å². The molecule has 7 heteroatoms. The second-order valence-electron chi connectivity index (χ2n) is 4.97. The van der Waals surface area contributed by atoms with Crippen molar-refractivity contribution in [3.05, 3.63) is 0 Å². The summed E-state index contributed by atoms with van der Waals surface area (Å²) in [6.07, 6.45) is 3.91. The van der Waals surface area contributed by atoms with Gasteiger partial charge in [0.25, 0.3) is 10.2 Å². The number of nitrogens with one attached hydrogen (secondary N) is 2. The third-order valence-corrected chi connectivity index (χ3v) is 5.30. The Bertz CT molecular complexity index is 340. The second-order valence-corrected chi connectivity index (χ2v) is 6.79. The van der Waals surface area contributed by atoms with Gasteiger partial charge in [-0.2, -0.15) is 17.4 Å². The van der Waals surface area contributed by atoms with Crippen LogP contribution in [0.15, 0.2) is 0 Å². The Labute approximate surface area is 117 Å². The minimum atomic E-state index is -3.38. The molecule has 0 bridgehead atoms. The number of nitrogens with zero attached hydrogens (tertiary/aromatic N) is 1. The standard InChI is InChI=1S/C12H27N3O3S/c1-4-13-11-5-7-12(8-6-11)15(2)19(16,17)14-9-10-18-3/h11-14H,4-10H2,1-3H3. The number of hydrogen-bond acceptors (Lipinski definition) is 4. The molecule has 19 heavy (non-hydrogen) atoms. The van der Waals surface area contributed by atoms with Crippen LogP contribution in [0.1, 0.15) is 32.6 Å². The van der Waals surface area contributed by atoms with E-state index in [0.717, 1.165) is 32.2 Å². The highest BCUT2D eigenvalue weighted by Crippen LogP contribution is 2.23. The van der Waals surface area contributed by atoms with Crippen molar-refractivity contribution >= 4 is 10.2 Å². The van der Waals surface area contributed by atoms with Crippen LogP contribution in [-0.2, 0) is 14.9 Å². The Morgan fingerprint density at radius 3 is 2.42 bits per heavy atom. The third kappa shape index (κ3) is 5.35. The van der Waals surface area contributed by atoms with E-state index in [4.69, 9.17) is 4.74 Å². The molecule has 0 saturated heterocycles. The van der Waals surface area contributed by atoms with E-state index < -0.39 is 10.2 Å². The smallest absolute Gasteiger partial charge is 0.279 e. The molecule has 0 unspecified atom stereocenters. The summed E-state index contributed by atoms with van der Waals surface area (Å²) in [6, 6.07) is 0.647. The summed E-state index contributed by atoms with van der Waals surface area (Å²) in [5.74, 6) is 0. The largest absolute Gasteiger partial charge is 0.383 e. The third-order valence-electron chi connectivity index (χ3n) is 3.67. The molecule has 1 fully saturated rings. The molecule has 2 N–H and O–H groups in total.